The molecule has 2 aromatic carbocycles. The third kappa shape index (κ3) is 9.37. The highest BCUT2D eigenvalue weighted by Gasteiger charge is 2.51. The van der Waals surface area contributed by atoms with Gasteiger partial charge in [-0.15, -0.1) is 0 Å². The van der Waals surface area contributed by atoms with E-state index in [0.717, 1.165) is 95.4 Å². The number of rotatable bonds is 13. The molecule has 2 atom stereocenters. The number of piperidine rings is 2. The zero-order valence-electron chi connectivity index (χ0n) is 37.9. The summed E-state index contributed by atoms with van der Waals surface area (Å²) >= 11 is 6.06. The number of urea groups is 1. The van der Waals surface area contributed by atoms with Gasteiger partial charge in [0.15, 0.2) is 5.82 Å². The number of nitrogens with zero attached hydrogens (tertiary/aromatic N) is 7. The van der Waals surface area contributed by atoms with Crippen molar-refractivity contribution in [3.63, 3.8) is 0 Å². The number of aromatic nitrogens is 3. The fourth-order valence-electron chi connectivity index (χ4n) is 11.8. The van der Waals surface area contributed by atoms with Crippen LogP contribution in [0.15, 0.2) is 42.6 Å². The van der Waals surface area contributed by atoms with E-state index in [-0.39, 0.29) is 47.2 Å². The summed E-state index contributed by atoms with van der Waals surface area (Å²) in [5, 5.41) is 5.96. The van der Waals surface area contributed by atoms with Gasteiger partial charge in [0.25, 0.3) is 0 Å². The van der Waals surface area contributed by atoms with E-state index in [1.54, 1.807) is 11.9 Å². The average Bonchev–Trinajstić information content (AvgIpc) is 3.99. The lowest BCUT2D eigenvalue weighted by molar-refractivity contribution is -0.137. The summed E-state index contributed by atoms with van der Waals surface area (Å²) in [7, 11) is 1.61. The number of hydrogen-bond donors (Lipinski definition) is 3. The predicted octanol–water partition coefficient (Wildman–Crippen LogP) is 8.04. The lowest BCUT2D eigenvalue weighted by atomic mass is 9.59. The first-order valence-corrected chi connectivity index (χ1v) is 24.3. The Morgan fingerprint density at radius 3 is 2.43 bits per heavy atom. The number of amides is 2. The second kappa shape index (κ2) is 18.2. The first-order chi connectivity index (χ1) is 32.2. The van der Waals surface area contributed by atoms with Crippen LogP contribution in [0, 0.1) is 16.6 Å². The molecule has 18 heteroatoms. The highest BCUT2D eigenvalue weighted by Crippen LogP contribution is 2.53. The van der Waals surface area contributed by atoms with Crippen molar-refractivity contribution in [2.75, 3.05) is 81.5 Å². The molecule has 2 aliphatic carbocycles. The van der Waals surface area contributed by atoms with E-state index in [2.05, 4.69) is 47.4 Å². The van der Waals surface area contributed by atoms with E-state index >= 15 is 4.39 Å². The fraction of sp³-hybridized carbons (Fsp3) is 0.571. The number of halogens is 5. The summed E-state index contributed by atoms with van der Waals surface area (Å²) in [6.07, 6.45) is 8.54. The first kappa shape index (κ1) is 45.9. The van der Waals surface area contributed by atoms with Crippen LogP contribution in [0.4, 0.5) is 39.5 Å². The second-order valence-corrected chi connectivity index (χ2v) is 20.6. The number of nitrogen functional groups attached to an aromatic ring is 1. The largest absolute Gasteiger partial charge is 0.463 e. The Hall–Kier alpha value is -4.84. The van der Waals surface area contributed by atoms with Gasteiger partial charge in [-0.3, -0.25) is 9.88 Å². The molecule has 2 unspecified atom stereocenters. The summed E-state index contributed by atoms with van der Waals surface area (Å²) in [6, 6.07) is 11.1. The maximum absolute atomic E-state index is 16.8. The molecule has 4 saturated heterocycles. The van der Waals surface area contributed by atoms with Gasteiger partial charge in [0.2, 0.25) is 0 Å². The zero-order valence-corrected chi connectivity index (χ0v) is 38.6. The Bertz CT molecular complexity index is 2490. The number of ether oxygens (including phenoxy) is 1. The van der Waals surface area contributed by atoms with Crippen molar-refractivity contribution in [1.29, 1.82) is 0 Å². The summed E-state index contributed by atoms with van der Waals surface area (Å²) in [5.74, 6) is -0.135. The second-order valence-electron chi connectivity index (χ2n) is 20.2. The topological polar surface area (TPSA) is 145 Å². The van der Waals surface area contributed by atoms with Crippen LogP contribution in [0.25, 0.3) is 22.2 Å². The van der Waals surface area contributed by atoms with Crippen molar-refractivity contribution in [2.24, 2.45) is 10.8 Å². The van der Waals surface area contributed by atoms with Gasteiger partial charge >= 0.3 is 18.2 Å². The lowest BCUT2D eigenvalue weighted by Crippen LogP contribution is -2.56. The number of anilines is 3. The highest BCUT2D eigenvalue weighted by atomic mass is 35.5. The van der Waals surface area contributed by atoms with Gasteiger partial charge in [-0.1, -0.05) is 23.7 Å². The van der Waals surface area contributed by atoms with Crippen molar-refractivity contribution >= 4 is 52.0 Å². The van der Waals surface area contributed by atoms with Crippen molar-refractivity contribution in [3.05, 3.63) is 64.6 Å². The predicted molar refractivity (Wildman–Crippen MR) is 250 cm³/mol. The number of nitrogens with two attached hydrogens (primary N) is 1. The van der Waals surface area contributed by atoms with E-state index in [9.17, 15) is 22.8 Å². The fourth-order valence-corrected chi connectivity index (χ4v) is 12.1. The number of piperazine rings is 1. The van der Waals surface area contributed by atoms with Crippen LogP contribution < -0.4 is 30.9 Å². The maximum Gasteiger partial charge on any atom is 0.418 e. The number of carbonyl (C=O) groups excluding carboxylic acids is 2. The van der Waals surface area contributed by atoms with E-state index < -0.39 is 33.8 Å². The number of alkyl halides is 3. The molecule has 4 aliphatic heterocycles. The number of aldehydes is 1. The van der Waals surface area contributed by atoms with Gasteiger partial charge in [-0.25, -0.2) is 9.18 Å². The molecule has 0 radical (unpaired) electrons. The Kier molecular flexibility index (Phi) is 12.5. The number of pyridine rings is 1. The van der Waals surface area contributed by atoms with E-state index in [1.165, 1.54) is 37.4 Å². The third-order valence-corrected chi connectivity index (χ3v) is 16.0. The number of nitrogens with one attached hydrogen (secondary N) is 2. The lowest BCUT2D eigenvalue weighted by Gasteiger charge is -2.56. The van der Waals surface area contributed by atoms with Gasteiger partial charge in [-0.2, -0.15) is 23.1 Å². The van der Waals surface area contributed by atoms with E-state index in [4.69, 9.17) is 27.1 Å². The molecule has 1 spiro atoms. The Morgan fingerprint density at radius 1 is 1.03 bits per heavy atom. The molecular formula is C49H59ClF4N10O3. The van der Waals surface area contributed by atoms with E-state index in [1.807, 2.05) is 12.1 Å². The molecule has 10 rings (SSSR count). The van der Waals surface area contributed by atoms with Crippen LogP contribution in [0.1, 0.15) is 87.7 Å². The molecule has 2 amide bonds. The molecule has 2 aromatic heterocycles. The first-order valence-electron chi connectivity index (χ1n) is 23.9. The van der Waals surface area contributed by atoms with Gasteiger partial charge in [0.05, 0.1) is 22.6 Å². The third-order valence-electron chi connectivity index (χ3n) is 15.7. The molecule has 2 saturated carbocycles. The normalized spacial score (nSPS) is 23.0. The zero-order chi connectivity index (χ0) is 46.7. The molecule has 67 heavy (non-hydrogen) atoms. The summed E-state index contributed by atoms with van der Waals surface area (Å²) in [4.78, 5) is 46.2. The SMILES string of the molecule is CNC(=O)N(CCC=O)c1cccc(C2CCN(C3CC4(CCN(CC5(COc6nc(N7CC8CCC(C7)N8)c7cnc(-c8cc(N)cc(Cl)c8C(F)(F)F)c(F)c7n6)CC5)CC4)C3)CC2)c1. The van der Waals surface area contributed by atoms with Crippen LogP contribution in [0.2, 0.25) is 5.02 Å². The van der Waals surface area contributed by atoms with Gasteiger partial charge in [0.1, 0.15) is 23.3 Å². The molecule has 6 fully saturated rings. The van der Waals surface area contributed by atoms with Crippen LogP contribution in [0.3, 0.4) is 0 Å². The molecule has 358 valence electrons. The minimum atomic E-state index is -4.89. The number of benzene rings is 2. The maximum atomic E-state index is 16.8. The van der Waals surface area contributed by atoms with Crippen LogP contribution in [-0.4, -0.2) is 121 Å². The van der Waals surface area contributed by atoms with Crippen LogP contribution in [0.5, 0.6) is 6.01 Å². The number of fused-ring (bicyclic) bond motifs is 3. The molecule has 4 aromatic rings. The van der Waals surface area contributed by atoms with Gasteiger partial charge in [-0.05, 0) is 132 Å². The van der Waals surface area contributed by atoms with Gasteiger partial charge in [0, 0.05) is 86.3 Å². The van der Waals surface area contributed by atoms with Crippen molar-refractivity contribution in [2.45, 2.75) is 101 Å². The summed E-state index contributed by atoms with van der Waals surface area (Å²) < 4.78 is 66.1. The minimum absolute atomic E-state index is 0.00763. The van der Waals surface area contributed by atoms with Crippen molar-refractivity contribution < 1.29 is 31.9 Å². The highest BCUT2D eigenvalue weighted by molar-refractivity contribution is 6.32. The molecule has 2 bridgehead atoms. The van der Waals surface area contributed by atoms with Gasteiger partial charge < -0.3 is 40.6 Å². The standard InChI is InChI=1S/C49H59ClF4N10O3/c1-56-46(66)64(14-3-19-65)35-5-2-4-31(20-35)30-8-15-62(16-9-30)36-23-47(24-36)12-17-61(18-13-47)28-48(10-11-48)29-67-45-59-43-38(44(60-45)63-26-33-6-7-34(27-63)58-33)25-57-42(41(43)51)37-21-32(55)22-39(50)40(37)49(52,53)54/h2,4-5,19-22,25,30,33-34,36,58H,3,6-18,23-24,26-29,55H2,1H3,(H,56,66). The van der Waals surface area contributed by atoms with Crippen molar-refractivity contribution in [3.8, 4) is 17.3 Å². The Morgan fingerprint density at radius 2 is 1.76 bits per heavy atom. The van der Waals surface area contributed by atoms with Crippen LogP contribution in [-0.2, 0) is 11.0 Å². The molecular weight excluding hydrogens is 888 g/mol. The Labute approximate surface area is 393 Å². The number of carbonyl (C=O) groups is 2. The average molecular weight is 948 g/mol. The number of hydrogen-bond acceptors (Lipinski definition) is 11. The summed E-state index contributed by atoms with van der Waals surface area (Å²) in [6.45, 7) is 7.05. The van der Waals surface area contributed by atoms with Crippen LogP contribution >= 0.6 is 11.6 Å². The minimum Gasteiger partial charge on any atom is -0.463 e. The molecule has 13 nitrogen and oxygen atoms in total. The van der Waals surface area contributed by atoms with E-state index in [0.29, 0.717) is 54.8 Å². The molecule has 6 heterocycles. The smallest absolute Gasteiger partial charge is 0.418 e. The number of likely N-dealkylation sites (tertiary alicyclic amines) is 2. The monoisotopic (exact) mass is 946 g/mol. The summed E-state index contributed by atoms with van der Waals surface area (Å²) in [5.41, 5.74) is 5.76. The quantitative estimate of drug-likeness (QED) is 0.0681. The molecule has 4 N–H and O–H groups in total. The molecule has 6 aliphatic rings. The van der Waals surface area contributed by atoms with Crippen molar-refractivity contribution in [1.82, 2.24) is 35.4 Å². The Balaban J connectivity index is 0.768.